The molecule has 4 aliphatic rings. The molecule has 11 nitrogen and oxygen atoms in total. The van der Waals surface area contributed by atoms with Gasteiger partial charge >= 0.3 is 0 Å². The molecule has 3 fully saturated rings. The fourth-order valence-corrected chi connectivity index (χ4v) is 10.2. The number of benzene rings is 1. The predicted molar refractivity (Wildman–Crippen MR) is 204 cm³/mol. The number of methoxy groups -OCH3 is 1. The highest BCUT2D eigenvalue weighted by atomic mass is 32.2. The van der Waals surface area contributed by atoms with Gasteiger partial charge in [-0.15, -0.1) is 11.3 Å². The van der Waals surface area contributed by atoms with Crippen LogP contribution in [0.4, 0.5) is 0 Å². The minimum absolute atomic E-state index is 0.102. The summed E-state index contributed by atoms with van der Waals surface area (Å²) in [4.78, 5) is 53.8. The average molecular weight is 763 g/mol. The van der Waals surface area contributed by atoms with Crippen LogP contribution in [0, 0.1) is 24.2 Å². The van der Waals surface area contributed by atoms with Crippen molar-refractivity contribution < 1.29 is 32.3 Å². The smallest absolute Gasteiger partial charge is 0.240 e. The van der Waals surface area contributed by atoms with E-state index in [1.54, 1.807) is 12.0 Å². The number of nitrogens with zero attached hydrogens (tertiary/aromatic N) is 3. The van der Waals surface area contributed by atoms with Crippen LogP contribution in [0.15, 0.2) is 35.7 Å². The molecule has 3 aromatic rings. The number of carbonyl (C=O) groups excluding carboxylic acids is 3. The average Bonchev–Trinajstić information content (AvgIpc) is 4.00. The van der Waals surface area contributed by atoms with E-state index < -0.39 is 38.7 Å². The zero-order valence-corrected chi connectivity index (χ0v) is 32.9. The molecule has 2 aliphatic carbocycles. The Morgan fingerprint density at radius 3 is 2.60 bits per heavy atom. The molecule has 0 radical (unpaired) electrons. The van der Waals surface area contributed by atoms with E-state index >= 15 is 0 Å². The highest BCUT2D eigenvalue weighted by molar-refractivity contribution is 7.90. The molecule has 1 aromatic carbocycles. The van der Waals surface area contributed by atoms with Gasteiger partial charge in [0.1, 0.15) is 28.3 Å². The lowest BCUT2D eigenvalue weighted by Crippen LogP contribution is -2.46. The van der Waals surface area contributed by atoms with Crippen LogP contribution in [-0.2, 0) is 24.4 Å². The van der Waals surface area contributed by atoms with Crippen molar-refractivity contribution in [1.82, 2.24) is 19.6 Å². The zero-order chi connectivity index (χ0) is 37.7. The quantitative estimate of drug-likeness (QED) is 0.243. The Morgan fingerprint density at radius 1 is 1.09 bits per heavy atom. The molecule has 2 saturated carbocycles. The van der Waals surface area contributed by atoms with Gasteiger partial charge in [-0.1, -0.05) is 45.8 Å². The summed E-state index contributed by atoms with van der Waals surface area (Å²) in [7, 11) is -2.17. The van der Waals surface area contributed by atoms with Gasteiger partial charge in [0.2, 0.25) is 21.8 Å². The first kappa shape index (κ1) is 37.5. The fraction of sp³-hybridized carbons (Fsp3) is 0.575. The molecule has 284 valence electrons. The number of hydrogen-bond donors (Lipinski definition) is 1. The van der Waals surface area contributed by atoms with Crippen molar-refractivity contribution in [2.45, 2.75) is 115 Å². The summed E-state index contributed by atoms with van der Waals surface area (Å²) in [6, 6.07) is 4.88. The number of allylic oxidation sites excluding steroid dienone is 2. The van der Waals surface area contributed by atoms with Crippen LogP contribution in [0.1, 0.15) is 102 Å². The number of sulfonamides is 1. The van der Waals surface area contributed by atoms with E-state index in [0.717, 1.165) is 47.3 Å². The third-order valence-electron chi connectivity index (χ3n) is 11.5. The molecule has 4 heterocycles. The van der Waals surface area contributed by atoms with E-state index in [9.17, 15) is 22.8 Å². The maximum absolute atomic E-state index is 14.4. The number of thiazole rings is 1. The summed E-state index contributed by atoms with van der Waals surface area (Å²) in [6.45, 7) is 8.28. The van der Waals surface area contributed by atoms with E-state index in [-0.39, 0.29) is 48.8 Å². The molecule has 0 spiro atoms. The molecule has 2 amide bonds. The molecule has 0 unspecified atom stereocenters. The summed E-state index contributed by atoms with van der Waals surface area (Å²) < 4.78 is 40.4. The van der Waals surface area contributed by atoms with Gasteiger partial charge in [0, 0.05) is 41.2 Å². The van der Waals surface area contributed by atoms with Crippen LogP contribution in [0.5, 0.6) is 11.5 Å². The summed E-state index contributed by atoms with van der Waals surface area (Å²) in [5.41, 5.74) is 2.05. The standard InChI is InChI=1S/C40H50N4O7S2/c1-23(2)31-22-52-37(42-31)30-18-35(29-15-16-34(50-5)25(4)36(29)41-30)51-27-17-32-33(45)20-40(39(47)43-53(48,49)28-13-14-28)19-26(40)12-10-8-6-7-9-11-24(3)38(46)44(32)21-27/h10,12,15-16,18,22-24,26-28,32H,6-9,11,13-14,17,19-21H2,1-5H3,(H,43,47)/b12-10-/t24-,26+,27+,32-,40+/m0/s1. The lowest BCUT2D eigenvalue weighted by atomic mass is 9.91. The second-order valence-corrected chi connectivity index (χ2v) is 18.6. The Labute approximate surface area is 316 Å². The Bertz CT molecular complexity index is 2060. The summed E-state index contributed by atoms with van der Waals surface area (Å²) in [5.74, 6) is 0.0389. The first-order chi connectivity index (χ1) is 25.3. The molecule has 2 aromatic heterocycles. The number of rotatable bonds is 8. The summed E-state index contributed by atoms with van der Waals surface area (Å²) in [5, 5.41) is 3.03. The first-order valence-electron chi connectivity index (χ1n) is 19.0. The van der Waals surface area contributed by atoms with Crippen LogP contribution < -0.4 is 14.2 Å². The maximum atomic E-state index is 14.4. The predicted octanol–water partition coefficient (Wildman–Crippen LogP) is 6.88. The molecule has 2 aliphatic heterocycles. The number of fused-ring (bicyclic) bond motifs is 3. The highest BCUT2D eigenvalue weighted by Gasteiger charge is 2.61. The van der Waals surface area contributed by atoms with Gasteiger partial charge in [0.15, 0.2) is 5.78 Å². The van der Waals surface area contributed by atoms with Gasteiger partial charge < -0.3 is 14.4 Å². The van der Waals surface area contributed by atoms with E-state index in [4.69, 9.17) is 19.4 Å². The number of aromatic nitrogens is 2. The number of carbonyl (C=O) groups is 3. The third-order valence-corrected chi connectivity index (χ3v) is 14.2. The third kappa shape index (κ3) is 7.61. The number of pyridine rings is 1. The molecular formula is C40H50N4O7S2. The van der Waals surface area contributed by atoms with Crippen LogP contribution >= 0.6 is 11.3 Å². The van der Waals surface area contributed by atoms with Crippen molar-refractivity contribution in [3.63, 3.8) is 0 Å². The van der Waals surface area contributed by atoms with Crippen molar-refractivity contribution in [1.29, 1.82) is 0 Å². The van der Waals surface area contributed by atoms with Crippen molar-refractivity contribution in [3.8, 4) is 22.2 Å². The van der Waals surface area contributed by atoms with Crippen LogP contribution in [0.2, 0.25) is 0 Å². The molecule has 53 heavy (non-hydrogen) atoms. The SMILES string of the molecule is COc1ccc2c(O[C@@H]3C[C@H]4C(=O)C[C@]5(C(=O)NS(=O)(=O)C6CC6)C[C@H]5/C=C\CCCCC[C@H](C)C(=O)N4C3)cc(-c3nc(C(C)C)cs3)nc2c1C. The van der Waals surface area contributed by atoms with Gasteiger partial charge in [-0.25, -0.2) is 18.4 Å². The van der Waals surface area contributed by atoms with Gasteiger partial charge in [0.05, 0.1) is 41.6 Å². The van der Waals surface area contributed by atoms with E-state index in [0.29, 0.717) is 48.4 Å². The molecule has 1 N–H and O–H groups in total. The van der Waals surface area contributed by atoms with Crippen LogP contribution in [-0.4, -0.2) is 71.9 Å². The summed E-state index contributed by atoms with van der Waals surface area (Å²) >= 11 is 1.52. The highest BCUT2D eigenvalue weighted by Crippen LogP contribution is 2.57. The number of nitrogens with one attached hydrogen (secondary N) is 1. The Balaban J connectivity index is 1.21. The van der Waals surface area contributed by atoms with Crippen LogP contribution in [0.25, 0.3) is 21.6 Å². The molecule has 5 atom stereocenters. The van der Waals surface area contributed by atoms with Crippen molar-refractivity contribution >= 4 is 49.9 Å². The van der Waals surface area contributed by atoms with Gasteiger partial charge in [0.25, 0.3) is 0 Å². The van der Waals surface area contributed by atoms with Gasteiger partial charge in [-0.2, -0.15) is 0 Å². The lowest BCUT2D eigenvalue weighted by molar-refractivity contribution is -0.141. The van der Waals surface area contributed by atoms with Crippen molar-refractivity contribution in [2.24, 2.45) is 17.3 Å². The normalized spacial score (nSPS) is 27.5. The second kappa shape index (κ2) is 14.8. The topological polar surface area (TPSA) is 145 Å². The minimum atomic E-state index is -3.80. The number of aryl methyl sites for hydroxylation is 1. The van der Waals surface area contributed by atoms with E-state index in [2.05, 4.69) is 24.6 Å². The number of hydrogen-bond acceptors (Lipinski definition) is 10. The maximum Gasteiger partial charge on any atom is 0.240 e. The number of amides is 2. The Hall–Kier alpha value is -3.84. The van der Waals surface area contributed by atoms with Crippen molar-refractivity contribution in [2.75, 3.05) is 13.7 Å². The van der Waals surface area contributed by atoms with Crippen LogP contribution in [0.3, 0.4) is 0 Å². The number of Topliss-reactive ketones (excluding diaryl/α,β-unsaturated/α-hetero) is 1. The van der Waals surface area contributed by atoms with E-state index in [1.165, 1.54) is 11.3 Å². The Morgan fingerprint density at radius 2 is 1.89 bits per heavy atom. The molecular weight excluding hydrogens is 713 g/mol. The molecule has 1 saturated heterocycles. The van der Waals surface area contributed by atoms with Gasteiger partial charge in [-0.05, 0) is 69.4 Å². The first-order valence-corrected chi connectivity index (χ1v) is 21.4. The molecule has 0 bridgehead atoms. The zero-order valence-electron chi connectivity index (χ0n) is 31.2. The summed E-state index contributed by atoms with van der Waals surface area (Å²) in [6.07, 6.45) is 9.43. The fourth-order valence-electron chi connectivity index (χ4n) is 7.90. The monoisotopic (exact) mass is 762 g/mol. The molecule has 13 heteroatoms. The van der Waals surface area contributed by atoms with E-state index in [1.807, 2.05) is 43.5 Å². The Kier molecular flexibility index (Phi) is 10.4. The van der Waals surface area contributed by atoms with Gasteiger partial charge in [-0.3, -0.25) is 19.1 Å². The number of ether oxygens (including phenoxy) is 2. The molecule has 7 rings (SSSR count). The number of ketones is 1. The van der Waals surface area contributed by atoms with Crippen molar-refractivity contribution in [3.05, 3.63) is 47.0 Å². The largest absolute Gasteiger partial charge is 0.496 e. The second-order valence-electron chi connectivity index (χ2n) is 15.8. The lowest BCUT2D eigenvalue weighted by Gasteiger charge is -2.27. The minimum Gasteiger partial charge on any atom is -0.496 e.